The highest BCUT2D eigenvalue weighted by Gasteiger charge is 2.11. The zero-order valence-electron chi connectivity index (χ0n) is 12.7. The third-order valence-corrected chi connectivity index (χ3v) is 4.44. The average Bonchev–Trinajstić information content (AvgIpc) is 2.98. The molecule has 0 spiro atoms. The van der Waals surface area contributed by atoms with Gasteiger partial charge in [0.15, 0.2) is 0 Å². The monoisotopic (exact) mass is 374 g/mol. The van der Waals surface area contributed by atoms with Crippen molar-refractivity contribution >= 4 is 33.0 Å². The standard InChI is InChI=1S/C16H15BrN4O2/c1-10-8-12(5-6-13(10)17)18-15(22)9-21-16(23)14-4-3-7-20(14)11(2)19-21/h3-8H,9H2,1-2H3,(H,18,22). The minimum atomic E-state index is -0.295. The van der Waals surface area contributed by atoms with Crippen LogP contribution in [0.15, 0.2) is 45.8 Å². The second-order valence-corrected chi connectivity index (χ2v) is 6.14. The quantitative estimate of drug-likeness (QED) is 0.765. The van der Waals surface area contributed by atoms with Gasteiger partial charge in [0.2, 0.25) is 5.91 Å². The number of carbonyl (C=O) groups excluding carboxylic acids is 1. The van der Waals surface area contributed by atoms with Crippen LogP contribution in [-0.4, -0.2) is 20.1 Å². The summed E-state index contributed by atoms with van der Waals surface area (Å²) in [6.07, 6.45) is 1.77. The van der Waals surface area contributed by atoms with Crippen molar-refractivity contribution < 1.29 is 4.79 Å². The lowest BCUT2D eigenvalue weighted by Crippen LogP contribution is -2.31. The molecule has 118 valence electrons. The van der Waals surface area contributed by atoms with Gasteiger partial charge in [-0.25, -0.2) is 4.68 Å². The van der Waals surface area contributed by atoms with Crippen molar-refractivity contribution in [2.75, 3.05) is 5.32 Å². The van der Waals surface area contributed by atoms with E-state index in [-0.39, 0.29) is 18.0 Å². The number of hydrogen-bond donors (Lipinski definition) is 1. The van der Waals surface area contributed by atoms with Gasteiger partial charge in [-0.15, -0.1) is 0 Å². The molecule has 0 aliphatic carbocycles. The number of fused-ring (bicyclic) bond motifs is 1. The van der Waals surface area contributed by atoms with Gasteiger partial charge in [-0.2, -0.15) is 5.10 Å². The van der Waals surface area contributed by atoms with E-state index in [0.717, 1.165) is 10.0 Å². The minimum absolute atomic E-state index is 0.129. The molecule has 3 rings (SSSR count). The van der Waals surface area contributed by atoms with Gasteiger partial charge >= 0.3 is 0 Å². The summed E-state index contributed by atoms with van der Waals surface area (Å²) in [7, 11) is 0. The maximum atomic E-state index is 12.3. The van der Waals surface area contributed by atoms with E-state index in [0.29, 0.717) is 17.0 Å². The van der Waals surface area contributed by atoms with E-state index in [2.05, 4.69) is 26.3 Å². The van der Waals surface area contributed by atoms with Crippen LogP contribution in [0.25, 0.3) is 5.52 Å². The number of nitrogens with one attached hydrogen (secondary N) is 1. The number of rotatable bonds is 3. The first-order chi connectivity index (χ1) is 11.0. The Morgan fingerprint density at radius 2 is 2.09 bits per heavy atom. The van der Waals surface area contributed by atoms with E-state index < -0.39 is 0 Å². The van der Waals surface area contributed by atoms with E-state index in [1.807, 2.05) is 19.1 Å². The topological polar surface area (TPSA) is 68.4 Å². The molecule has 1 amide bonds. The van der Waals surface area contributed by atoms with Crippen LogP contribution in [0.5, 0.6) is 0 Å². The van der Waals surface area contributed by atoms with Crippen LogP contribution in [0.1, 0.15) is 11.4 Å². The summed E-state index contributed by atoms with van der Waals surface area (Å²) in [6, 6.07) is 9.02. The van der Waals surface area contributed by atoms with Crippen molar-refractivity contribution in [3.63, 3.8) is 0 Å². The Balaban J connectivity index is 1.84. The lowest BCUT2D eigenvalue weighted by Gasteiger charge is -2.09. The van der Waals surface area contributed by atoms with Gasteiger partial charge in [0.1, 0.15) is 17.9 Å². The van der Waals surface area contributed by atoms with E-state index >= 15 is 0 Å². The fourth-order valence-corrected chi connectivity index (χ4v) is 2.65. The molecule has 1 N–H and O–H groups in total. The van der Waals surface area contributed by atoms with Crippen LogP contribution in [0.4, 0.5) is 5.69 Å². The molecule has 6 nitrogen and oxygen atoms in total. The Bertz CT molecular complexity index is 958. The number of aromatic nitrogens is 3. The second-order valence-electron chi connectivity index (χ2n) is 5.29. The fourth-order valence-electron chi connectivity index (χ4n) is 2.40. The zero-order chi connectivity index (χ0) is 16.6. The average molecular weight is 375 g/mol. The number of carbonyl (C=O) groups is 1. The maximum Gasteiger partial charge on any atom is 0.291 e. The highest BCUT2D eigenvalue weighted by molar-refractivity contribution is 9.10. The Morgan fingerprint density at radius 1 is 1.30 bits per heavy atom. The second kappa shape index (κ2) is 6.00. The number of halogens is 1. The molecule has 0 aliphatic rings. The lowest BCUT2D eigenvalue weighted by molar-refractivity contribution is -0.117. The summed E-state index contributed by atoms with van der Waals surface area (Å²) in [4.78, 5) is 24.5. The van der Waals surface area contributed by atoms with Crippen LogP contribution in [-0.2, 0) is 11.3 Å². The Labute approximate surface area is 140 Å². The molecule has 23 heavy (non-hydrogen) atoms. The molecule has 7 heteroatoms. The molecule has 0 aliphatic heterocycles. The third-order valence-electron chi connectivity index (χ3n) is 3.55. The predicted molar refractivity (Wildman–Crippen MR) is 91.7 cm³/mol. The number of anilines is 1. The third kappa shape index (κ3) is 3.05. The van der Waals surface area contributed by atoms with Crippen molar-refractivity contribution in [1.29, 1.82) is 0 Å². The normalized spacial score (nSPS) is 10.9. The van der Waals surface area contributed by atoms with Crippen LogP contribution in [0.3, 0.4) is 0 Å². The first kappa shape index (κ1) is 15.5. The molecular weight excluding hydrogens is 360 g/mol. The number of hydrogen-bond acceptors (Lipinski definition) is 3. The molecule has 1 aromatic carbocycles. The van der Waals surface area contributed by atoms with Gasteiger partial charge in [-0.3, -0.25) is 14.0 Å². The first-order valence-corrected chi connectivity index (χ1v) is 7.86. The van der Waals surface area contributed by atoms with Crippen molar-refractivity contribution in [3.05, 3.63) is 62.7 Å². The highest BCUT2D eigenvalue weighted by Crippen LogP contribution is 2.19. The van der Waals surface area contributed by atoms with Gasteiger partial charge in [0.05, 0.1) is 0 Å². The van der Waals surface area contributed by atoms with E-state index in [1.54, 1.807) is 35.7 Å². The molecular formula is C16H15BrN4O2. The summed E-state index contributed by atoms with van der Waals surface area (Å²) < 4.78 is 3.86. The van der Waals surface area contributed by atoms with Crippen molar-refractivity contribution in [2.24, 2.45) is 0 Å². The van der Waals surface area contributed by atoms with Crippen LogP contribution in [0.2, 0.25) is 0 Å². The minimum Gasteiger partial charge on any atom is -0.324 e. The molecule has 0 unspecified atom stereocenters. The molecule has 0 atom stereocenters. The van der Waals surface area contributed by atoms with Crippen LogP contribution >= 0.6 is 15.9 Å². The van der Waals surface area contributed by atoms with Crippen molar-refractivity contribution in [2.45, 2.75) is 20.4 Å². The maximum absolute atomic E-state index is 12.3. The summed E-state index contributed by atoms with van der Waals surface area (Å²) in [5.41, 5.74) is 1.92. The zero-order valence-corrected chi connectivity index (χ0v) is 14.3. The van der Waals surface area contributed by atoms with Gasteiger partial charge in [-0.1, -0.05) is 15.9 Å². The first-order valence-electron chi connectivity index (χ1n) is 7.06. The molecule has 0 saturated heterocycles. The van der Waals surface area contributed by atoms with E-state index in [1.165, 1.54) is 4.68 Å². The van der Waals surface area contributed by atoms with Gasteiger partial charge in [0.25, 0.3) is 5.56 Å². The Morgan fingerprint density at radius 3 is 2.83 bits per heavy atom. The summed E-state index contributed by atoms with van der Waals surface area (Å²) >= 11 is 3.42. The van der Waals surface area contributed by atoms with Crippen molar-refractivity contribution in [3.8, 4) is 0 Å². The molecule has 2 aromatic heterocycles. The summed E-state index contributed by atoms with van der Waals surface area (Å²) in [5.74, 6) is 0.355. The summed E-state index contributed by atoms with van der Waals surface area (Å²) in [5, 5.41) is 6.97. The van der Waals surface area contributed by atoms with Gasteiger partial charge in [-0.05, 0) is 49.7 Å². The molecule has 2 heterocycles. The number of benzene rings is 1. The fraction of sp³-hybridized carbons (Fsp3) is 0.188. The van der Waals surface area contributed by atoms with E-state index in [4.69, 9.17) is 0 Å². The number of aryl methyl sites for hydroxylation is 2. The predicted octanol–water partition coefficient (Wildman–Crippen LogP) is 2.51. The Kier molecular flexibility index (Phi) is 4.04. The molecule has 0 bridgehead atoms. The largest absolute Gasteiger partial charge is 0.324 e. The number of amides is 1. The van der Waals surface area contributed by atoms with Crippen LogP contribution < -0.4 is 10.9 Å². The van der Waals surface area contributed by atoms with Crippen molar-refractivity contribution in [1.82, 2.24) is 14.2 Å². The van der Waals surface area contributed by atoms with Crippen LogP contribution in [0, 0.1) is 13.8 Å². The van der Waals surface area contributed by atoms with Gasteiger partial charge in [0, 0.05) is 16.4 Å². The molecule has 0 radical (unpaired) electrons. The van der Waals surface area contributed by atoms with Gasteiger partial charge < -0.3 is 5.32 Å². The number of nitrogens with zero attached hydrogens (tertiary/aromatic N) is 3. The van der Waals surface area contributed by atoms with E-state index in [9.17, 15) is 9.59 Å². The molecule has 0 saturated carbocycles. The Hall–Kier alpha value is -2.41. The lowest BCUT2D eigenvalue weighted by atomic mass is 10.2. The summed E-state index contributed by atoms with van der Waals surface area (Å²) in [6.45, 7) is 3.60. The molecule has 3 aromatic rings. The SMILES string of the molecule is Cc1cc(NC(=O)Cn2nc(C)n3cccc3c2=O)ccc1Br. The highest BCUT2D eigenvalue weighted by atomic mass is 79.9. The molecule has 0 fully saturated rings. The smallest absolute Gasteiger partial charge is 0.291 e.